The highest BCUT2D eigenvalue weighted by atomic mass is 32.1. The van der Waals surface area contributed by atoms with E-state index in [4.69, 9.17) is 0 Å². The van der Waals surface area contributed by atoms with Gasteiger partial charge in [-0.25, -0.2) is 4.39 Å². The van der Waals surface area contributed by atoms with Crippen molar-refractivity contribution in [3.05, 3.63) is 57.5 Å². The van der Waals surface area contributed by atoms with Gasteiger partial charge in [-0.05, 0) is 61.4 Å². The Morgan fingerprint density at radius 3 is 2.80 bits per heavy atom. The van der Waals surface area contributed by atoms with E-state index in [0.29, 0.717) is 5.56 Å². The Hall–Kier alpha value is -1.19. The number of hydrogen-bond donors (Lipinski definition) is 1. The van der Waals surface area contributed by atoms with Gasteiger partial charge in [0.25, 0.3) is 0 Å². The third-order valence-corrected chi connectivity index (χ3v) is 4.43. The molecular weight excluding hydrogens is 269 g/mol. The van der Waals surface area contributed by atoms with E-state index in [1.807, 2.05) is 12.1 Å². The first-order valence-corrected chi connectivity index (χ1v) is 8.10. The predicted octanol–water partition coefficient (Wildman–Crippen LogP) is 4.87. The molecule has 20 heavy (non-hydrogen) atoms. The van der Waals surface area contributed by atoms with Crippen molar-refractivity contribution >= 4 is 11.3 Å². The molecule has 1 aromatic carbocycles. The molecule has 2 aromatic rings. The zero-order valence-electron chi connectivity index (χ0n) is 12.2. The molecule has 1 aromatic heterocycles. The zero-order valence-corrected chi connectivity index (χ0v) is 13.0. The van der Waals surface area contributed by atoms with E-state index in [1.54, 1.807) is 24.3 Å². The van der Waals surface area contributed by atoms with Gasteiger partial charge < -0.3 is 5.32 Å². The van der Waals surface area contributed by atoms with Gasteiger partial charge in [0, 0.05) is 10.9 Å². The van der Waals surface area contributed by atoms with Crippen LogP contribution in [0.1, 0.15) is 41.8 Å². The van der Waals surface area contributed by atoms with Gasteiger partial charge in [-0.2, -0.15) is 0 Å². The largest absolute Gasteiger partial charge is 0.310 e. The Kier molecular flexibility index (Phi) is 5.74. The van der Waals surface area contributed by atoms with Crippen LogP contribution in [0.5, 0.6) is 0 Å². The summed E-state index contributed by atoms with van der Waals surface area (Å²) in [6, 6.07) is 10.1. The second kappa shape index (κ2) is 7.55. The van der Waals surface area contributed by atoms with E-state index in [2.05, 4.69) is 29.8 Å². The lowest BCUT2D eigenvalue weighted by atomic mass is 10.00. The molecule has 1 atom stereocenters. The SMILES string of the molecule is CCCNC(CCc1cccs1)c1ccc(C)c(F)c1. The van der Waals surface area contributed by atoms with E-state index < -0.39 is 0 Å². The lowest BCUT2D eigenvalue weighted by Gasteiger charge is -2.19. The molecule has 1 N–H and O–H groups in total. The second-order valence-electron chi connectivity index (χ2n) is 5.13. The molecule has 1 nitrogen and oxygen atoms in total. The molecule has 0 aliphatic rings. The van der Waals surface area contributed by atoms with Crippen LogP contribution in [-0.2, 0) is 6.42 Å². The van der Waals surface area contributed by atoms with Gasteiger partial charge in [0.2, 0.25) is 0 Å². The van der Waals surface area contributed by atoms with Crippen LogP contribution in [0, 0.1) is 12.7 Å². The second-order valence-corrected chi connectivity index (χ2v) is 6.17. The van der Waals surface area contributed by atoms with Crippen molar-refractivity contribution < 1.29 is 4.39 Å². The Labute approximate surface area is 124 Å². The molecule has 0 amide bonds. The fraction of sp³-hybridized carbons (Fsp3) is 0.412. The monoisotopic (exact) mass is 291 g/mol. The van der Waals surface area contributed by atoms with Crippen LogP contribution in [0.2, 0.25) is 0 Å². The molecule has 0 saturated carbocycles. The molecule has 0 fully saturated rings. The maximum absolute atomic E-state index is 13.7. The van der Waals surface area contributed by atoms with Gasteiger partial charge in [-0.3, -0.25) is 0 Å². The minimum atomic E-state index is -0.109. The maximum Gasteiger partial charge on any atom is 0.126 e. The Balaban J connectivity index is 2.07. The number of aryl methyl sites for hydroxylation is 2. The summed E-state index contributed by atoms with van der Waals surface area (Å²) in [5.41, 5.74) is 1.76. The molecule has 2 rings (SSSR count). The summed E-state index contributed by atoms with van der Waals surface area (Å²) in [6.07, 6.45) is 3.13. The molecule has 0 aliphatic heterocycles. The molecule has 0 bridgehead atoms. The summed E-state index contributed by atoms with van der Waals surface area (Å²) < 4.78 is 13.7. The normalized spacial score (nSPS) is 12.6. The molecule has 1 heterocycles. The molecule has 0 saturated heterocycles. The standard InChI is InChI=1S/C17H22FNS/c1-3-10-19-17(9-8-15-5-4-11-20-15)14-7-6-13(2)16(18)12-14/h4-7,11-12,17,19H,3,8-10H2,1-2H3. The van der Waals surface area contributed by atoms with E-state index in [0.717, 1.165) is 31.4 Å². The average Bonchev–Trinajstić information content (AvgIpc) is 2.95. The lowest BCUT2D eigenvalue weighted by Crippen LogP contribution is -2.22. The van der Waals surface area contributed by atoms with E-state index >= 15 is 0 Å². The molecular formula is C17H22FNS. The number of benzene rings is 1. The fourth-order valence-electron chi connectivity index (χ4n) is 2.27. The van der Waals surface area contributed by atoms with Crippen molar-refractivity contribution in [3.8, 4) is 0 Å². The fourth-order valence-corrected chi connectivity index (χ4v) is 3.00. The highest BCUT2D eigenvalue weighted by molar-refractivity contribution is 7.09. The number of halogens is 1. The lowest BCUT2D eigenvalue weighted by molar-refractivity contribution is 0.496. The maximum atomic E-state index is 13.7. The molecule has 0 aliphatic carbocycles. The summed E-state index contributed by atoms with van der Waals surface area (Å²) in [4.78, 5) is 1.39. The average molecular weight is 291 g/mol. The van der Waals surface area contributed by atoms with E-state index in [1.165, 1.54) is 4.88 Å². The topological polar surface area (TPSA) is 12.0 Å². The van der Waals surface area contributed by atoms with Crippen LogP contribution in [0.4, 0.5) is 4.39 Å². The van der Waals surface area contributed by atoms with E-state index in [9.17, 15) is 4.39 Å². The van der Waals surface area contributed by atoms with Crippen LogP contribution in [0.3, 0.4) is 0 Å². The van der Waals surface area contributed by atoms with Gasteiger partial charge in [0.05, 0.1) is 0 Å². The van der Waals surface area contributed by atoms with Crippen molar-refractivity contribution in [3.63, 3.8) is 0 Å². The number of nitrogens with one attached hydrogen (secondary N) is 1. The Morgan fingerprint density at radius 2 is 2.15 bits per heavy atom. The Bertz CT molecular complexity index is 522. The summed E-state index contributed by atoms with van der Waals surface area (Å²) in [6.45, 7) is 4.92. The van der Waals surface area contributed by atoms with Crippen molar-refractivity contribution in [1.29, 1.82) is 0 Å². The van der Waals surface area contributed by atoms with Crippen molar-refractivity contribution in [2.24, 2.45) is 0 Å². The van der Waals surface area contributed by atoms with Gasteiger partial charge in [-0.15, -0.1) is 11.3 Å². The van der Waals surface area contributed by atoms with Crippen LogP contribution < -0.4 is 5.32 Å². The number of hydrogen-bond acceptors (Lipinski definition) is 2. The van der Waals surface area contributed by atoms with Crippen LogP contribution in [0.15, 0.2) is 35.7 Å². The van der Waals surface area contributed by atoms with Gasteiger partial charge in [0.1, 0.15) is 5.82 Å². The van der Waals surface area contributed by atoms with Crippen LogP contribution in [-0.4, -0.2) is 6.54 Å². The molecule has 0 radical (unpaired) electrons. The quantitative estimate of drug-likeness (QED) is 0.767. The summed E-state index contributed by atoms with van der Waals surface area (Å²) >= 11 is 1.79. The first kappa shape index (κ1) is 15.2. The van der Waals surface area contributed by atoms with Crippen LogP contribution >= 0.6 is 11.3 Å². The van der Waals surface area contributed by atoms with E-state index in [-0.39, 0.29) is 11.9 Å². The molecule has 3 heteroatoms. The smallest absolute Gasteiger partial charge is 0.126 e. The van der Waals surface area contributed by atoms with Crippen molar-refractivity contribution in [2.45, 2.75) is 39.2 Å². The van der Waals surface area contributed by atoms with Crippen LogP contribution in [0.25, 0.3) is 0 Å². The molecule has 108 valence electrons. The summed E-state index contributed by atoms with van der Waals surface area (Å²) in [5, 5.41) is 5.64. The first-order valence-electron chi connectivity index (χ1n) is 7.22. The van der Waals surface area contributed by atoms with Crippen molar-refractivity contribution in [2.75, 3.05) is 6.54 Å². The van der Waals surface area contributed by atoms with Gasteiger partial charge in [-0.1, -0.05) is 25.1 Å². The van der Waals surface area contributed by atoms with Gasteiger partial charge >= 0.3 is 0 Å². The minimum Gasteiger partial charge on any atom is -0.310 e. The van der Waals surface area contributed by atoms with Gasteiger partial charge in [0.15, 0.2) is 0 Å². The predicted molar refractivity (Wildman–Crippen MR) is 84.8 cm³/mol. The highest BCUT2D eigenvalue weighted by Crippen LogP contribution is 2.23. The minimum absolute atomic E-state index is 0.109. The Morgan fingerprint density at radius 1 is 1.30 bits per heavy atom. The third kappa shape index (κ3) is 4.15. The summed E-state index contributed by atoms with van der Waals surface area (Å²) in [7, 11) is 0. The number of rotatable bonds is 7. The highest BCUT2D eigenvalue weighted by Gasteiger charge is 2.12. The van der Waals surface area contributed by atoms with Crippen molar-refractivity contribution in [1.82, 2.24) is 5.32 Å². The first-order chi connectivity index (χ1) is 9.70. The third-order valence-electron chi connectivity index (χ3n) is 3.50. The molecule has 1 unspecified atom stereocenters. The molecule has 0 spiro atoms. The summed E-state index contributed by atoms with van der Waals surface area (Å²) in [5.74, 6) is -0.109. The zero-order chi connectivity index (χ0) is 14.4. The number of thiophene rings is 1.